The lowest BCUT2D eigenvalue weighted by atomic mass is 9.87. The predicted octanol–water partition coefficient (Wildman–Crippen LogP) is 2.06. The second kappa shape index (κ2) is 6.49. The maximum Gasteiger partial charge on any atom is 0.246 e. The molecule has 3 N–H and O–H groups in total. The normalized spacial score (nSPS) is 17.1. The van der Waals surface area contributed by atoms with Gasteiger partial charge in [0.2, 0.25) is 11.8 Å². The Morgan fingerprint density at radius 1 is 1.39 bits per heavy atom. The Morgan fingerprint density at radius 3 is 2.65 bits per heavy atom. The molecule has 5 nitrogen and oxygen atoms in total. The van der Waals surface area contributed by atoms with Crippen LogP contribution in [0.2, 0.25) is 5.02 Å². The summed E-state index contributed by atoms with van der Waals surface area (Å²) in [6.45, 7) is 8.31. The van der Waals surface area contributed by atoms with E-state index in [1.54, 1.807) is 4.90 Å². The number of nitrogens with one attached hydrogen (secondary N) is 1. The first-order valence-corrected chi connectivity index (χ1v) is 8.15. The summed E-state index contributed by atoms with van der Waals surface area (Å²) in [5.74, 6) is -0.447. The fraction of sp³-hybridized carbons (Fsp3) is 0.529. The molecular weight excluding hydrogens is 314 g/mol. The highest BCUT2D eigenvalue weighted by Gasteiger charge is 2.39. The van der Waals surface area contributed by atoms with Crippen molar-refractivity contribution in [2.24, 2.45) is 11.7 Å². The Kier molecular flexibility index (Phi) is 5.01. The van der Waals surface area contributed by atoms with Crippen LogP contribution in [-0.4, -0.2) is 30.9 Å². The fourth-order valence-electron chi connectivity index (χ4n) is 2.87. The van der Waals surface area contributed by atoms with E-state index < -0.39 is 6.04 Å². The van der Waals surface area contributed by atoms with Crippen molar-refractivity contribution in [1.82, 2.24) is 5.32 Å². The number of anilines is 1. The number of fused-ring (bicyclic) bond motifs is 1. The largest absolute Gasteiger partial charge is 0.346 e. The molecule has 1 aliphatic heterocycles. The molecular formula is C17H24ClN3O2. The summed E-state index contributed by atoms with van der Waals surface area (Å²) in [5, 5.41) is 3.29. The smallest absolute Gasteiger partial charge is 0.246 e. The van der Waals surface area contributed by atoms with Gasteiger partial charge in [0.25, 0.3) is 0 Å². The van der Waals surface area contributed by atoms with Gasteiger partial charge in [0.15, 0.2) is 0 Å². The van der Waals surface area contributed by atoms with Crippen molar-refractivity contribution in [2.45, 2.75) is 39.2 Å². The number of carbonyl (C=O) groups is 2. The van der Waals surface area contributed by atoms with Crippen LogP contribution in [0.5, 0.6) is 0 Å². The van der Waals surface area contributed by atoms with Crippen molar-refractivity contribution in [2.75, 3.05) is 18.0 Å². The number of halogens is 1. The van der Waals surface area contributed by atoms with E-state index in [-0.39, 0.29) is 29.7 Å². The molecule has 0 spiro atoms. The van der Waals surface area contributed by atoms with E-state index in [0.717, 1.165) is 11.3 Å². The predicted molar refractivity (Wildman–Crippen MR) is 92.7 cm³/mol. The second-order valence-corrected chi connectivity index (χ2v) is 7.39. The SMILES string of the molecule is CC(C)[C@H](N)C(=O)NCC(=O)N1CC(C)(C)c2c(Cl)cccc21. The number of nitrogens with two attached hydrogens (primary N) is 1. The number of hydrogen-bond acceptors (Lipinski definition) is 3. The first-order valence-electron chi connectivity index (χ1n) is 7.78. The molecule has 2 rings (SSSR count). The van der Waals surface area contributed by atoms with Gasteiger partial charge in [-0.15, -0.1) is 0 Å². The summed E-state index contributed by atoms with van der Waals surface area (Å²) in [7, 11) is 0. The Hall–Kier alpha value is -1.59. The number of benzene rings is 1. The molecule has 0 radical (unpaired) electrons. The summed E-state index contributed by atoms with van der Waals surface area (Å²) < 4.78 is 0. The van der Waals surface area contributed by atoms with Crippen LogP contribution in [0.25, 0.3) is 0 Å². The summed E-state index contributed by atoms with van der Waals surface area (Å²) in [6.07, 6.45) is 0. The van der Waals surface area contributed by atoms with Crippen molar-refractivity contribution in [3.63, 3.8) is 0 Å². The van der Waals surface area contributed by atoms with E-state index in [0.29, 0.717) is 11.6 Å². The zero-order chi connectivity index (χ0) is 17.4. The van der Waals surface area contributed by atoms with Gasteiger partial charge in [-0.2, -0.15) is 0 Å². The van der Waals surface area contributed by atoms with Gasteiger partial charge < -0.3 is 16.0 Å². The van der Waals surface area contributed by atoms with Gasteiger partial charge in [-0.05, 0) is 18.1 Å². The van der Waals surface area contributed by atoms with E-state index >= 15 is 0 Å². The third-order valence-electron chi connectivity index (χ3n) is 4.25. The van der Waals surface area contributed by atoms with Crippen LogP contribution in [0, 0.1) is 5.92 Å². The standard InChI is InChI=1S/C17H24ClN3O2/c1-10(2)15(19)16(23)20-8-13(22)21-9-17(3,4)14-11(18)6-5-7-12(14)21/h5-7,10,15H,8-9,19H2,1-4H3,(H,20,23)/t15-/m0/s1. The van der Waals surface area contributed by atoms with Gasteiger partial charge in [-0.1, -0.05) is 45.4 Å². The van der Waals surface area contributed by atoms with E-state index in [1.165, 1.54) is 0 Å². The molecule has 0 fully saturated rings. The van der Waals surface area contributed by atoms with Gasteiger partial charge >= 0.3 is 0 Å². The molecule has 0 bridgehead atoms. The quantitative estimate of drug-likeness (QED) is 0.883. The van der Waals surface area contributed by atoms with Crippen LogP contribution >= 0.6 is 11.6 Å². The Labute approximate surface area is 142 Å². The van der Waals surface area contributed by atoms with Gasteiger partial charge in [0.1, 0.15) is 0 Å². The molecule has 1 aromatic carbocycles. The van der Waals surface area contributed by atoms with E-state index in [9.17, 15) is 9.59 Å². The first kappa shape index (κ1) is 17.8. The average molecular weight is 338 g/mol. The number of hydrogen-bond donors (Lipinski definition) is 2. The monoisotopic (exact) mass is 337 g/mol. The Morgan fingerprint density at radius 2 is 2.04 bits per heavy atom. The molecule has 2 amide bonds. The molecule has 1 aromatic rings. The lowest BCUT2D eigenvalue weighted by Crippen LogP contribution is -2.48. The van der Waals surface area contributed by atoms with Crippen LogP contribution in [0.15, 0.2) is 18.2 Å². The fourth-order valence-corrected chi connectivity index (χ4v) is 3.29. The molecule has 1 heterocycles. The van der Waals surface area contributed by atoms with E-state index in [2.05, 4.69) is 19.2 Å². The minimum atomic E-state index is -0.612. The molecule has 1 atom stereocenters. The number of carbonyl (C=O) groups excluding carboxylic acids is 2. The number of amides is 2. The lowest BCUT2D eigenvalue weighted by molar-refractivity contribution is -0.126. The minimum Gasteiger partial charge on any atom is -0.346 e. The zero-order valence-electron chi connectivity index (χ0n) is 14.0. The molecule has 126 valence electrons. The van der Waals surface area contributed by atoms with Crippen molar-refractivity contribution >= 4 is 29.1 Å². The maximum absolute atomic E-state index is 12.5. The molecule has 23 heavy (non-hydrogen) atoms. The molecule has 0 aliphatic carbocycles. The van der Waals surface area contributed by atoms with E-state index in [1.807, 2.05) is 32.0 Å². The molecule has 0 unspecified atom stereocenters. The second-order valence-electron chi connectivity index (χ2n) is 6.99. The van der Waals surface area contributed by atoms with E-state index in [4.69, 9.17) is 17.3 Å². The van der Waals surface area contributed by atoms with Gasteiger partial charge in [-0.3, -0.25) is 9.59 Å². The van der Waals surface area contributed by atoms with Crippen molar-refractivity contribution in [3.05, 3.63) is 28.8 Å². The molecule has 0 saturated carbocycles. The molecule has 0 saturated heterocycles. The topological polar surface area (TPSA) is 75.4 Å². The molecule has 1 aliphatic rings. The summed E-state index contributed by atoms with van der Waals surface area (Å²) >= 11 is 6.30. The summed E-state index contributed by atoms with van der Waals surface area (Å²) in [5.41, 5.74) is 7.35. The highest BCUT2D eigenvalue weighted by atomic mass is 35.5. The zero-order valence-corrected chi connectivity index (χ0v) is 14.8. The Bertz CT molecular complexity index is 628. The third-order valence-corrected chi connectivity index (χ3v) is 4.56. The summed E-state index contributed by atoms with van der Waals surface area (Å²) in [6, 6.07) is 4.94. The first-order chi connectivity index (χ1) is 10.6. The highest BCUT2D eigenvalue weighted by Crippen LogP contribution is 2.44. The van der Waals surface area contributed by atoms with Crippen LogP contribution in [-0.2, 0) is 15.0 Å². The lowest BCUT2D eigenvalue weighted by Gasteiger charge is -2.22. The summed E-state index contributed by atoms with van der Waals surface area (Å²) in [4.78, 5) is 26.1. The van der Waals surface area contributed by atoms with Crippen molar-refractivity contribution < 1.29 is 9.59 Å². The number of nitrogens with zero attached hydrogens (tertiary/aromatic N) is 1. The average Bonchev–Trinajstić information content (AvgIpc) is 2.76. The van der Waals surface area contributed by atoms with Gasteiger partial charge in [0.05, 0.1) is 12.6 Å². The maximum atomic E-state index is 12.5. The van der Waals surface area contributed by atoms with Crippen LogP contribution in [0.4, 0.5) is 5.69 Å². The number of rotatable bonds is 4. The highest BCUT2D eigenvalue weighted by molar-refractivity contribution is 6.32. The van der Waals surface area contributed by atoms with Crippen molar-refractivity contribution in [1.29, 1.82) is 0 Å². The minimum absolute atomic E-state index is 0.0235. The molecule has 6 heteroatoms. The van der Waals surface area contributed by atoms with Gasteiger partial charge in [0, 0.05) is 28.2 Å². The van der Waals surface area contributed by atoms with Crippen molar-refractivity contribution in [3.8, 4) is 0 Å². The third kappa shape index (κ3) is 3.51. The van der Waals surface area contributed by atoms with Crippen LogP contribution < -0.4 is 16.0 Å². The molecule has 0 aromatic heterocycles. The van der Waals surface area contributed by atoms with Gasteiger partial charge in [-0.25, -0.2) is 0 Å². The van der Waals surface area contributed by atoms with Crippen LogP contribution in [0.3, 0.4) is 0 Å². The van der Waals surface area contributed by atoms with Crippen LogP contribution in [0.1, 0.15) is 33.3 Å². The Balaban J connectivity index is 2.11.